The normalized spacial score (nSPS) is 10.8. The third-order valence-electron chi connectivity index (χ3n) is 3.77. The number of hydrogen-bond acceptors (Lipinski definition) is 4. The number of anilines is 2. The molecule has 9 heteroatoms. The van der Waals surface area contributed by atoms with Crippen LogP contribution in [-0.2, 0) is 10.0 Å². The third-order valence-corrected chi connectivity index (χ3v) is 5.55. The molecule has 0 saturated heterocycles. The highest BCUT2D eigenvalue weighted by Gasteiger charge is 2.18. The first-order valence-electron chi connectivity index (χ1n) is 8.39. The predicted molar refractivity (Wildman–Crippen MR) is 119 cm³/mol. The first-order chi connectivity index (χ1) is 13.8. The Morgan fingerprint density at radius 2 is 1.48 bits per heavy atom. The van der Waals surface area contributed by atoms with Gasteiger partial charge in [0, 0.05) is 22.0 Å². The van der Waals surface area contributed by atoms with Crippen LogP contribution in [0.4, 0.5) is 11.4 Å². The number of rotatable bonds is 5. The molecule has 3 aromatic rings. The number of sulfonamides is 1. The van der Waals surface area contributed by atoms with Crippen molar-refractivity contribution in [3.63, 3.8) is 0 Å². The molecule has 0 heterocycles. The lowest BCUT2D eigenvalue weighted by atomic mass is 10.2. The van der Waals surface area contributed by atoms with Crippen molar-refractivity contribution in [1.82, 2.24) is 4.72 Å². The monoisotopic (exact) mass is 445 g/mol. The van der Waals surface area contributed by atoms with Crippen LogP contribution in [0.1, 0.15) is 10.4 Å². The number of carbonyl (C=O) groups is 1. The lowest BCUT2D eigenvalue weighted by Crippen LogP contribution is -2.30. The maximum Gasteiger partial charge on any atom is 0.264 e. The Balaban J connectivity index is 1.64. The summed E-state index contributed by atoms with van der Waals surface area (Å²) in [5.74, 6) is -0.695. The summed E-state index contributed by atoms with van der Waals surface area (Å²) in [7, 11) is -4.00. The van der Waals surface area contributed by atoms with E-state index in [1.165, 1.54) is 24.3 Å². The van der Waals surface area contributed by atoms with Crippen molar-refractivity contribution >= 4 is 56.2 Å². The van der Waals surface area contributed by atoms with E-state index in [2.05, 4.69) is 10.6 Å². The van der Waals surface area contributed by atoms with Gasteiger partial charge in [-0.1, -0.05) is 35.9 Å². The highest BCUT2D eigenvalue weighted by molar-refractivity contribution is 7.90. The van der Waals surface area contributed by atoms with Crippen molar-refractivity contribution in [2.45, 2.75) is 4.90 Å². The van der Waals surface area contributed by atoms with Crippen molar-refractivity contribution in [2.24, 2.45) is 0 Å². The van der Waals surface area contributed by atoms with Crippen molar-refractivity contribution < 1.29 is 13.2 Å². The quantitative estimate of drug-likeness (QED) is 0.508. The fraction of sp³-hybridized carbons (Fsp3) is 0. The predicted octanol–water partition coefficient (Wildman–Crippen LogP) is 4.27. The first-order valence-corrected chi connectivity index (χ1v) is 10.7. The van der Waals surface area contributed by atoms with Gasteiger partial charge >= 0.3 is 0 Å². The van der Waals surface area contributed by atoms with Crippen molar-refractivity contribution in [3.8, 4) is 0 Å². The minimum atomic E-state index is -4.00. The zero-order valence-electron chi connectivity index (χ0n) is 14.9. The van der Waals surface area contributed by atoms with Crippen LogP contribution in [0, 0.1) is 0 Å². The second-order valence-electron chi connectivity index (χ2n) is 5.91. The number of hydrogen-bond donors (Lipinski definition) is 3. The minimum absolute atomic E-state index is 0.0407. The average Bonchev–Trinajstić information content (AvgIpc) is 2.68. The Hall–Kier alpha value is -2.94. The zero-order valence-corrected chi connectivity index (χ0v) is 17.3. The van der Waals surface area contributed by atoms with E-state index in [0.717, 1.165) is 5.69 Å². The molecule has 6 nitrogen and oxygen atoms in total. The summed E-state index contributed by atoms with van der Waals surface area (Å²) in [4.78, 5) is 12.1. The summed E-state index contributed by atoms with van der Waals surface area (Å²) in [6, 6.07) is 21.0. The number of benzene rings is 3. The van der Waals surface area contributed by atoms with Crippen LogP contribution < -0.4 is 15.4 Å². The Labute approximate surface area is 179 Å². The van der Waals surface area contributed by atoms with Crippen LogP contribution in [0.3, 0.4) is 0 Å². The number of halogens is 1. The highest BCUT2D eigenvalue weighted by atomic mass is 35.5. The minimum Gasteiger partial charge on any atom is -0.332 e. The van der Waals surface area contributed by atoms with E-state index in [1.807, 2.05) is 10.8 Å². The Morgan fingerprint density at radius 1 is 0.828 bits per heavy atom. The van der Waals surface area contributed by atoms with Gasteiger partial charge in [-0.25, -0.2) is 13.1 Å². The summed E-state index contributed by atoms with van der Waals surface area (Å²) >= 11 is 11.2. The fourth-order valence-electron chi connectivity index (χ4n) is 2.41. The lowest BCUT2D eigenvalue weighted by molar-refractivity contribution is 0.0981. The second-order valence-corrected chi connectivity index (χ2v) is 8.44. The topological polar surface area (TPSA) is 87.3 Å². The van der Waals surface area contributed by atoms with Gasteiger partial charge in [-0.15, -0.1) is 0 Å². The average molecular weight is 446 g/mol. The van der Waals surface area contributed by atoms with Gasteiger partial charge in [-0.3, -0.25) is 4.79 Å². The maximum absolute atomic E-state index is 12.4. The molecular formula is C20H16ClN3O3S2. The Bertz CT molecular complexity index is 1140. The van der Waals surface area contributed by atoms with E-state index >= 15 is 0 Å². The molecule has 0 aromatic heterocycles. The summed E-state index contributed by atoms with van der Waals surface area (Å²) in [5.41, 5.74) is 1.56. The van der Waals surface area contributed by atoms with Crippen LogP contribution >= 0.6 is 23.8 Å². The fourth-order valence-corrected chi connectivity index (χ4v) is 3.81. The Kier molecular flexibility index (Phi) is 6.48. The van der Waals surface area contributed by atoms with E-state index in [-0.39, 0.29) is 10.5 Å². The van der Waals surface area contributed by atoms with E-state index in [4.69, 9.17) is 23.8 Å². The van der Waals surface area contributed by atoms with Crippen LogP contribution in [-0.4, -0.2) is 19.4 Å². The number of nitrogens with one attached hydrogen (secondary N) is 3. The second kappa shape index (κ2) is 9.04. The van der Waals surface area contributed by atoms with Gasteiger partial charge < -0.3 is 10.6 Å². The summed E-state index contributed by atoms with van der Waals surface area (Å²) in [6.07, 6.45) is 0. The van der Waals surface area contributed by atoms with Gasteiger partial charge in [0.25, 0.3) is 15.9 Å². The summed E-state index contributed by atoms with van der Waals surface area (Å²) in [6.45, 7) is 0. The molecule has 0 fully saturated rings. The molecular weight excluding hydrogens is 430 g/mol. The number of thiocarbonyl (C=S) groups is 1. The number of carbonyl (C=O) groups excluding carboxylic acids is 1. The highest BCUT2D eigenvalue weighted by Crippen LogP contribution is 2.17. The molecule has 0 aliphatic carbocycles. The van der Waals surface area contributed by atoms with Crippen LogP contribution in [0.2, 0.25) is 5.02 Å². The molecule has 3 N–H and O–H groups in total. The van der Waals surface area contributed by atoms with Crippen LogP contribution in [0.5, 0.6) is 0 Å². The van der Waals surface area contributed by atoms with E-state index in [9.17, 15) is 13.2 Å². The lowest BCUT2D eigenvalue weighted by Gasteiger charge is -2.12. The van der Waals surface area contributed by atoms with E-state index in [1.54, 1.807) is 48.5 Å². The van der Waals surface area contributed by atoms with Crippen molar-refractivity contribution in [2.75, 3.05) is 10.6 Å². The molecule has 0 atom stereocenters. The van der Waals surface area contributed by atoms with Crippen LogP contribution in [0.25, 0.3) is 0 Å². The van der Waals surface area contributed by atoms with Gasteiger partial charge in [-0.05, 0) is 66.8 Å². The Morgan fingerprint density at radius 3 is 2.14 bits per heavy atom. The molecule has 3 aromatic carbocycles. The summed E-state index contributed by atoms with van der Waals surface area (Å²) in [5, 5.41) is 6.82. The SMILES string of the molecule is O=C(NS(=O)(=O)c1ccc(NC(=S)Nc2cccc(Cl)c2)cc1)c1ccccc1. The largest absolute Gasteiger partial charge is 0.332 e. The van der Waals surface area contributed by atoms with E-state index in [0.29, 0.717) is 15.8 Å². The first kappa shape index (κ1) is 20.8. The molecule has 0 aliphatic heterocycles. The van der Waals surface area contributed by atoms with Gasteiger partial charge in [0.15, 0.2) is 5.11 Å². The zero-order chi connectivity index (χ0) is 20.9. The molecule has 0 spiro atoms. The molecule has 0 saturated carbocycles. The van der Waals surface area contributed by atoms with Gasteiger partial charge in [-0.2, -0.15) is 0 Å². The molecule has 3 rings (SSSR count). The van der Waals surface area contributed by atoms with Crippen LogP contribution in [0.15, 0.2) is 83.8 Å². The third kappa shape index (κ3) is 5.77. The molecule has 0 bridgehead atoms. The van der Waals surface area contributed by atoms with E-state index < -0.39 is 15.9 Å². The molecule has 1 amide bonds. The molecule has 29 heavy (non-hydrogen) atoms. The molecule has 0 unspecified atom stereocenters. The van der Waals surface area contributed by atoms with Crippen molar-refractivity contribution in [1.29, 1.82) is 0 Å². The van der Waals surface area contributed by atoms with Gasteiger partial charge in [0.1, 0.15) is 0 Å². The maximum atomic E-state index is 12.4. The molecule has 148 valence electrons. The number of amides is 1. The molecule has 0 aliphatic rings. The standard InChI is InChI=1S/C20H16ClN3O3S2/c21-15-7-4-8-17(13-15)23-20(28)22-16-9-11-18(12-10-16)29(26,27)24-19(25)14-5-2-1-3-6-14/h1-13H,(H,24,25)(H2,22,23,28). The van der Waals surface area contributed by atoms with Gasteiger partial charge in [0.2, 0.25) is 0 Å². The molecule has 0 radical (unpaired) electrons. The smallest absolute Gasteiger partial charge is 0.264 e. The van der Waals surface area contributed by atoms with Crippen molar-refractivity contribution in [3.05, 3.63) is 89.4 Å². The summed E-state index contributed by atoms with van der Waals surface area (Å²) < 4.78 is 26.9. The van der Waals surface area contributed by atoms with Gasteiger partial charge in [0.05, 0.1) is 4.90 Å².